The van der Waals surface area contributed by atoms with E-state index >= 15 is 0 Å². The molecule has 1 amide bonds. The van der Waals surface area contributed by atoms with Crippen LogP contribution in [0.3, 0.4) is 0 Å². The average Bonchev–Trinajstić information content (AvgIpc) is 3.28. The van der Waals surface area contributed by atoms with Gasteiger partial charge in [0.05, 0.1) is 25.4 Å². The summed E-state index contributed by atoms with van der Waals surface area (Å²) in [6.45, 7) is 4.86. The van der Waals surface area contributed by atoms with Crippen LogP contribution in [-0.2, 0) is 14.3 Å². The highest BCUT2D eigenvalue weighted by molar-refractivity contribution is 5.76. The number of hydrogen-bond donors (Lipinski definition) is 3. The van der Waals surface area contributed by atoms with Crippen LogP contribution < -0.4 is 5.32 Å². The molecule has 3 N–H and O–H groups in total. The van der Waals surface area contributed by atoms with E-state index in [1.807, 2.05) is 6.08 Å². The van der Waals surface area contributed by atoms with Gasteiger partial charge in [0, 0.05) is 12.8 Å². The van der Waals surface area contributed by atoms with Crippen molar-refractivity contribution in [2.45, 2.75) is 302 Å². The smallest absolute Gasteiger partial charge is 0.305 e. The molecule has 0 aromatic carbocycles. The van der Waals surface area contributed by atoms with Crippen LogP contribution in [0.4, 0.5) is 0 Å². The molecule has 0 saturated heterocycles. The molecule has 0 radical (unpaired) electrons. The van der Waals surface area contributed by atoms with Crippen LogP contribution in [0.2, 0.25) is 0 Å². The Morgan fingerprint density at radius 1 is 0.444 bits per heavy atom. The Balaban J connectivity index is 3.41. The van der Waals surface area contributed by atoms with Gasteiger partial charge in [0.2, 0.25) is 5.91 Å². The van der Waals surface area contributed by atoms with Gasteiger partial charge in [-0.2, -0.15) is 0 Å². The van der Waals surface area contributed by atoms with Gasteiger partial charge in [0.1, 0.15) is 0 Å². The van der Waals surface area contributed by atoms with E-state index in [0.29, 0.717) is 19.4 Å². The van der Waals surface area contributed by atoms with Gasteiger partial charge < -0.3 is 20.3 Å². The van der Waals surface area contributed by atoms with E-state index in [-0.39, 0.29) is 18.5 Å². The summed E-state index contributed by atoms with van der Waals surface area (Å²) in [4.78, 5) is 24.4. The normalized spacial score (nSPS) is 12.9. The van der Waals surface area contributed by atoms with E-state index in [0.717, 1.165) is 51.4 Å². The molecule has 2 unspecified atom stereocenters. The SMILES string of the molecule is CCCCCC/C=C\C/C=C\CCCCCCCC(=O)OCCCCCCCCCCCCCCCCCCCCCC(=O)NC(CO)C(O)/C=C/CCCCCCCCCCC. The minimum atomic E-state index is -0.845. The largest absolute Gasteiger partial charge is 0.466 e. The first kappa shape index (κ1) is 61.1. The van der Waals surface area contributed by atoms with E-state index in [2.05, 4.69) is 43.5 Å². The highest BCUT2D eigenvalue weighted by Gasteiger charge is 2.18. The number of allylic oxidation sites excluding steroid dienone is 5. The molecule has 0 aromatic rings. The lowest BCUT2D eigenvalue weighted by molar-refractivity contribution is -0.143. The zero-order chi connectivity index (χ0) is 45.8. The zero-order valence-corrected chi connectivity index (χ0v) is 42.1. The third-order valence-electron chi connectivity index (χ3n) is 12.7. The molecule has 2 atom stereocenters. The van der Waals surface area contributed by atoms with Crippen molar-refractivity contribution in [2.24, 2.45) is 0 Å². The second-order valence-corrected chi connectivity index (χ2v) is 18.9. The van der Waals surface area contributed by atoms with Crippen LogP contribution in [0.5, 0.6) is 0 Å². The van der Waals surface area contributed by atoms with E-state index < -0.39 is 12.1 Å². The summed E-state index contributed by atoms with van der Waals surface area (Å²) in [7, 11) is 0. The van der Waals surface area contributed by atoms with E-state index in [4.69, 9.17) is 4.74 Å². The van der Waals surface area contributed by atoms with Crippen LogP contribution in [0.25, 0.3) is 0 Å². The number of amides is 1. The minimum Gasteiger partial charge on any atom is -0.466 e. The Kier molecular flexibility index (Phi) is 51.1. The summed E-state index contributed by atoms with van der Waals surface area (Å²) in [5, 5.41) is 23.0. The molecule has 0 spiro atoms. The maximum atomic E-state index is 12.4. The second kappa shape index (κ2) is 52.7. The first-order valence-corrected chi connectivity index (χ1v) is 27.8. The number of carbonyl (C=O) groups is 2. The maximum absolute atomic E-state index is 12.4. The lowest BCUT2D eigenvalue weighted by Crippen LogP contribution is -2.45. The van der Waals surface area contributed by atoms with Crippen LogP contribution in [0, 0.1) is 0 Å². The molecular formula is C57H107NO5. The molecule has 0 aliphatic rings. The summed E-state index contributed by atoms with van der Waals surface area (Å²) in [5.41, 5.74) is 0. The molecule has 6 nitrogen and oxygen atoms in total. The quantitative estimate of drug-likeness (QED) is 0.0321. The number of nitrogens with one attached hydrogen (secondary N) is 1. The third-order valence-corrected chi connectivity index (χ3v) is 12.7. The fraction of sp³-hybridized carbons (Fsp3) is 0.860. The first-order chi connectivity index (χ1) is 31.0. The number of hydrogen-bond acceptors (Lipinski definition) is 5. The topological polar surface area (TPSA) is 95.9 Å². The second-order valence-electron chi connectivity index (χ2n) is 18.9. The molecule has 0 saturated carbocycles. The van der Waals surface area contributed by atoms with Crippen molar-refractivity contribution >= 4 is 11.9 Å². The Morgan fingerprint density at radius 2 is 0.794 bits per heavy atom. The van der Waals surface area contributed by atoms with Gasteiger partial charge >= 0.3 is 5.97 Å². The van der Waals surface area contributed by atoms with Crippen molar-refractivity contribution in [3.63, 3.8) is 0 Å². The Labute approximate surface area is 392 Å². The minimum absolute atomic E-state index is 0.00566. The summed E-state index contributed by atoms with van der Waals surface area (Å²) >= 11 is 0. The summed E-state index contributed by atoms with van der Waals surface area (Å²) < 4.78 is 5.47. The van der Waals surface area contributed by atoms with Crippen LogP contribution >= 0.6 is 0 Å². The highest BCUT2D eigenvalue weighted by Crippen LogP contribution is 2.16. The van der Waals surface area contributed by atoms with Gasteiger partial charge in [0.15, 0.2) is 0 Å². The Bertz CT molecular complexity index is 1020. The van der Waals surface area contributed by atoms with Crippen molar-refractivity contribution in [2.75, 3.05) is 13.2 Å². The monoisotopic (exact) mass is 886 g/mol. The number of carbonyl (C=O) groups excluding carboxylic acids is 2. The molecular weight excluding hydrogens is 779 g/mol. The molecule has 63 heavy (non-hydrogen) atoms. The number of aliphatic hydroxyl groups excluding tert-OH is 2. The lowest BCUT2D eigenvalue weighted by atomic mass is 10.0. The van der Waals surface area contributed by atoms with Gasteiger partial charge in [-0.15, -0.1) is 0 Å². The first-order valence-electron chi connectivity index (χ1n) is 27.8. The van der Waals surface area contributed by atoms with Crippen LogP contribution in [-0.4, -0.2) is 47.4 Å². The predicted octanol–water partition coefficient (Wildman–Crippen LogP) is 16.9. The molecule has 0 aliphatic heterocycles. The van der Waals surface area contributed by atoms with E-state index in [1.165, 1.54) is 212 Å². The molecule has 0 fully saturated rings. The number of esters is 1. The third kappa shape index (κ3) is 49.4. The highest BCUT2D eigenvalue weighted by atomic mass is 16.5. The Morgan fingerprint density at radius 3 is 1.22 bits per heavy atom. The fourth-order valence-corrected chi connectivity index (χ4v) is 8.37. The lowest BCUT2D eigenvalue weighted by Gasteiger charge is -2.20. The van der Waals surface area contributed by atoms with Gasteiger partial charge in [-0.3, -0.25) is 9.59 Å². The van der Waals surface area contributed by atoms with Crippen LogP contribution in [0.1, 0.15) is 290 Å². The molecule has 0 heterocycles. The number of ether oxygens (including phenoxy) is 1. The van der Waals surface area contributed by atoms with Crippen LogP contribution in [0.15, 0.2) is 36.5 Å². The van der Waals surface area contributed by atoms with Crippen molar-refractivity contribution in [3.05, 3.63) is 36.5 Å². The zero-order valence-electron chi connectivity index (χ0n) is 42.1. The average molecular weight is 886 g/mol. The van der Waals surface area contributed by atoms with Gasteiger partial charge in [-0.05, 0) is 64.2 Å². The predicted molar refractivity (Wildman–Crippen MR) is 273 cm³/mol. The molecule has 0 aliphatic carbocycles. The molecule has 6 heteroatoms. The molecule has 0 rings (SSSR count). The van der Waals surface area contributed by atoms with Crippen molar-refractivity contribution in [3.8, 4) is 0 Å². The number of rotatable bonds is 51. The van der Waals surface area contributed by atoms with E-state index in [1.54, 1.807) is 6.08 Å². The van der Waals surface area contributed by atoms with E-state index in [9.17, 15) is 19.8 Å². The summed E-state index contributed by atoms with van der Waals surface area (Å²) in [6, 6.07) is -0.629. The van der Waals surface area contributed by atoms with Crippen molar-refractivity contribution in [1.82, 2.24) is 5.32 Å². The molecule has 0 bridgehead atoms. The number of aliphatic hydroxyl groups is 2. The standard InChI is InChI=1S/C57H107NO5/c1-3-5-7-9-11-13-15-16-17-24-27-31-35-39-43-47-51-57(62)63-52-48-44-40-36-32-28-25-22-20-18-19-21-23-26-30-34-38-42-46-50-56(61)58-54(53-59)55(60)49-45-41-37-33-29-14-12-10-8-6-4-2/h13,15,17,24,45,49,54-55,59-60H,3-12,14,16,18-23,25-44,46-48,50-53H2,1-2H3,(H,58,61)/b15-13-,24-17-,49-45+. The maximum Gasteiger partial charge on any atom is 0.305 e. The van der Waals surface area contributed by atoms with Crippen molar-refractivity contribution in [1.29, 1.82) is 0 Å². The van der Waals surface area contributed by atoms with Gasteiger partial charge in [0.25, 0.3) is 0 Å². The fourth-order valence-electron chi connectivity index (χ4n) is 8.37. The Hall–Kier alpha value is -1.92. The van der Waals surface area contributed by atoms with Crippen molar-refractivity contribution < 1.29 is 24.5 Å². The summed E-state index contributed by atoms with van der Waals surface area (Å²) in [6.07, 6.45) is 64.4. The van der Waals surface area contributed by atoms with Gasteiger partial charge in [-0.25, -0.2) is 0 Å². The molecule has 370 valence electrons. The van der Waals surface area contributed by atoms with Gasteiger partial charge in [-0.1, -0.05) is 249 Å². The molecule has 0 aromatic heterocycles. The summed E-state index contributed by atoms with van der Waals surface area (Å²) in [5.74, 6) is -0.0783. The number of unbranched alkanes of at least 4 members (excludes halogenated alkanes) is 36.